The van der Waals surface area contributed by atoms with E-state index in [1.165, 1.54) is 0 Å². The van der Waals surface area contributed by atoms with E-state index in [9.17, 15) is 4.79 Å². The molecule has 0 bridgehead atoms. The fourth-order valence-corrected chi connectivity index (χ4v) is 2.46. The number of rotatable bonds is 3. The summed E-state index contributed by atoms with van der Waals surface area (Å²) in [5.74, 6) is -0.774. The third-order valence-corrected chi connectivity index (χ3v) is 3.35. The molecule has 2 rings (SSSR count). The van der Waals surface area contributed by atoms with Gasteiger partial charge in [-0.1, -0.05) is 23.7 Å². The fourth-order valence-electron chi connectivity index (χ4n) is 2.33. The molecule has 0 radical (unpaired) electrons. The van der Waals surface area contributed by atoms with Crippen LogP contribution in [0.2, 0.25) is 5.02 Å². The quantitative estimate of drug-likeness (QED) is 0.852. The van der Waals surface area contributed by atoms with Gasteiger partial charge in [-0.15, -0.1) is 0 Å². The zero-order chi connectivity index (χ0) is 11.6. The Morgan fingerprint density at radius 1 is 1.44 bits per heavy atom. The summed E-state index contributed by atoms with van der Waals surface area (Å²) in [6.07, 6.45) is 1.99. The molecule has 86 valence electrons. The van der Waals surface area contributed by atoms with E-state index in [-0.39, 0.29) is 6.42 Å². The molecule has 1 heterocycles. The highest BCUT2D eigenvalue weighted by atomic mass is 35.5. The largest absolute Gasteiger partial charge is 0.481 e. The maximum Gasteiger partial charge on any atom is 0.305 e. The summed E-state index contributed by atoms with van der Waals surface area (Å²) in [5.41, 5.74) is 0.605. The number of benzene rings is 1. The standard InChI is InChI=1S/C12H14ClNO2/c13-10-4-2-9(3-5-10)12(8-11(15)16)6-1-7-14-12/h2-5,14H,1,6-8H2,(H,15,16). The Labute approximate surface area is 99.4 Å². The zero-order valence-corrected chi connectivity index (χ0v) is 9.63. The molecule has 1 atom stereocenters. The predicted molar refractivity (Wildman–Crippen MR) is 62.6 cm³/mol. The lowest BCUT2D eigenvalue weighted by atomic mass is 9.85. The average Bonchev–Trinajstić information content (AvgIpc) is 2.67. The van der Waals surface area contributed by atoms with E-state index in [0.717, 1.165) is 24.9 Å². The highest BCUT2D eigenvalue weighted by Gasteiger charge is 2.37. The van der Waals surface area contributed by atoms with Crippen LogP contribution in [0.15, 0.2) is 24.3 Å². The second-order valence-corrected chi connectivity index (χ2v) is 4.63. The highest BCUT2D eigenvalue weighted by molar-refractivity contribution is 6.30. The molecule has 1 aromatic rings. The molecule has 0 amide bonds. The van der Waals surface area contributed by atoms with Gasteiger partial charge in [-0.25, -0.2) is 0 Å². The molecule has 1 saturated heterocycles. The minimum Gasteiger partial charge on any atom is -0.481 e. The molecular weight excluding hydrogens is 226 g/mol. The Bertz CT molecular complexity index is 383. The van der Waals surface area contributed by atoms with Gasteiger partial charge < -0.3 is 10.4 Å². The summed E-state index contributed by atoms with van der Waals surface area (Å²) in [6.45, 7) is 0.871. The Morgan fingerprint density at radius 2 is 2.12 bits per heavy atom. The van der Waals surface area contributed by atoms with Crippen molar-refractivity contribution >= 4 is 17.6 Å². The first-order valence-electron chi connectivity index (χ1n) is 5.35. The molecule has 2 N–H and O–H groups in total. The van der Waals surface area contributed by atoms with Crippen LogP contribution in [0.1, 0.15) is 24.8 Å². The van der Waals surface area contributed by atoms with Crippen molar-refractivity contribution in [2.24, 2.45) is 0 Å². The van der Waals surface area contributed by atoms with E-state index in [0.29, 0.717) is 5.02 Å². The molecule has 4 heteroatoms. The number of carbonyl (C=O) groups is 1. The smallest absolute Gasteiger partial charge is 0.305 e. The second kappa shape index (κ2) is 4.44. The van der Waals surface area contributed by atoms with Gasteiger partial charge in [-0.3, -0.25) is 4.79 Å². The van der Waals surface area contributed by atoms with Gasteiger partial charge in [0.05, 0.1) is 12.0 Å². The van der Waals surface area contributed by atoms with Crippen molar-refractivity contribution in [2.45, 2.75) is 24.8 Å². The van der Waals surface area contributed by atoms with Gasteiger partial charge >= 0.3 is 5.97 Å². The number of hydrogen-bond donors (Lipinski definition) is 2. The van der Waals surface area contributed by atoms with E-state index in [1.807, 2.05) is 12.1 Å². The molecule has 0 saturated carbocycles. The van der Waals surface area contributed by atoms with Crippen molar-refractivity contribution in [1.82, 2.24) is 5.32 Å². The van der Waals surface area contributed by atoms with Crippen LogP contribution in [-0.4, -0.2) is 17.6 Å². The molecule has 0 spiro atoms. The molecule has 3 nitrogen and oxygen atoms in total. The minimum atomic E-state index is -0.774. The molecule has 0 aliphatic carbocycles. The number of carboxylic acids is 1. The maximum absolute atomic E-state index is 10.9. The Balaban J connectivity index is 2.31. The second-order valence-electron chi connectivity index (χ2n) is 4.19. The van der Waals surface area contributed by atoms with Crippen LogP contribution < -0.4 is 5.32 Å². The van der Waals surface area contributed by atoms with Crippen LogP contribution in [0.4, 0.5) is 0 Å². The molecule has 1 unspecified atom stereocenters. The van der Waals surface area contributed by atoms with Crippen LogP contribution >= 0.6 is 11.6 Å². The lowest BCUT2D eigenvalue weighted by Crippen LogP contribution is -2.38. The van der Waals surface area contributed by atoms with Crippen molar-refractivity contribution in [3.05, 3.63) is 34.9 Å². The van der Waals surface area contributed by atoms with Crippen LogP contribution in [0.25, 0.3) is 0 Å². The summed E-state index contributed by atoms with van der Waals surface area (Å²) >= 11 is 5.83. The van der Waals surface area contributed by atoms with Gasteiger partial charge in [0.15, 0.2) is 0 Å². The van der Waals surface area contributed by atoms with Crippen LogP contribution in [0.5, 0.6) is 0 Å². The van der Waals surface area contributed by atoms with Gasteiger partial charge in [-0.2, -0.15) is 0 Å². The zero-order valence-electron chi connectivity index (χ0n) is 8.87. The van der Waals surface area contributed by atoms with Crippen molar-refractivity contribution in [2.75, 3.05) is 6.54 Å². The third kappa shape index (κ3) is 2.20. The number of halogens is 1. The van der Waals surface area contributed by atoms with E-state index >= 15 is 0 Å². The Hall–Kier alpha value is -1.06. The Morgan fingerprint density at radius 3 is 2.62 bits per heavy atom. The molecular formula is C12H14ClNO2. The van der Waals surface area contributed by atoms with Crippen molar-refractivity contribution in [3.8, 4) is 0 Å². The molecule has 16 heavy (non-hydrogen) atoms. The number of hydrogen-bond acceptors (Lipinski definition) is 2. The first kappa shape index (κ1) is 11.4. The Kier molecular flexibility index (Phi) is 3.17. The lowest BCUT2D eigenvalue weighted by molar-refractivity contribution is -0.138. The monoisotopic (exact) mass is 239 g/mol. The van der Waals surface area contributed by atoms with Gasteiger partial charge in [0.2, 0.25) is 0 Å². The maximum atomic E-state index is 10.9. The van der Waals surface area contributed by atoms with E-state index < -0.39 is 11.5 Å². The molecule has 1 aliphatic rings. The van der Waals surface area contributed by atoms with Crippen LogP contribution in [0.3, 0.4) is 0 Å². The minimum absolute atomic E-state index is 0.120. The van der Waals surface area contributed by atoms with Crippen molar-refractivity contribution in [3.63, 3.8) is 0 Å². The summed E-state index contributed by atoms with van der Waals surface area (Å²) in [4.78, 5) is 10.9. The molecule has 1 fully saturated rings. The topological polar surface area (TPSA) is 49.3 Å². The number of carboxylic acid groups (broad SMARTS) is 1. The summed E-state index contributed by atoms with van der Waals surface area (Å²) in [7, 11) is 0. The van der Waals surface area contributed by atoms with Gasteiger partial charge in [0.1, 0.15) is 0 Å². The van der Waals surface area contributed by atoms with Gasteiger partial charge in [0, 0.05) is 5.02 Å². The summed E-state index contributed by atoms with van der Waals surface area (Å²) < 4.78 is 0. The fraction of sp³-hybridized carbons (Fsp3) is 0.417. The van der Waals surface area contributed by atoms with Crippen molar-refractivity contribution in [1.29, 1.82) is 0 Å². The molecule has 0 aromatic heterocycles. The van der Waals surface area contributed by atoms with E-state index in [4.69, 9.17) is 16.7 Å². The highest BCUT2D eigenvalue weighted by Crippen LogP contribution is 2.34. The number of aliphatic carboxylic acids is 1. The normalized spacial score (nSPS) is 24.6. The SMILES string of the molecule is O=C(O)CC1(c2ccc(Cl)cc2)CCCN1. The first-order valence-corrected chi connectivity index (χ1v) is 5.73. The first-order chi connectivity index (χ1) is 7.62. The average molecular weight is 240 g/mol. The van der Waals surface area contributed by atoms with Crippen molar-refractivity contribution < 1.29 is 9.90 Å². The molecule has 1 aromatic carbocycles. The molecule has 1 aliphatic heterocycles. The number of nitrogens with one attached hydrogen (secondary N) is 1. The third-order valence-electron chi connectivity index (χ3n) is 3.09. The summed E-state index contributed by atoms with van der Waals surface area (Å²) in [5, 5.41) is 13.0. The summed E-state index contributed by atoms with van der Waals surface area (Å²) in [6, 6.07) is 7.42. The van der Waals surface area contributed by atoms with Crippen LogP contribution in [0, 0.1) is 0 Å². The van der Waals surface area contributed by atoms with E-state index in [2.05, 4.69) is 5.32 Å². The van der Waals surface area contributed by atoms with Gasteiger partial charge in [-0.05, 0) is 37.1 Å². The lowest BCUT2D eigenvalue weighted by Gasteiger charge is -2.28. The van der Waals surface area contributed by atoms with Gasteiger partial charge in [0.25, 0.3) is 0 Å². The van der Waals surface area contributed by atoms with E-state index in [1.54, 1.807) is 12.1 Å². The predicted octanol–water partition coefficient (Wildman–Crippen LogP) is 2.39. The van der Waals surface area contributed by atoms with Crippen LogP contribution in [-0.2, 0) is 10.3 Å².